The van der Waals surface area contributed by atoms with Crippen molar-refractivity contribution in [3.05, 3.63) is 24.3 Å². The molecule has 0 atom stereocenters. The maximum Gasteiger partial charge on any atom is 0.304 e. The van der Waals surface area contributed by atoms with Gasteiger partial charge < -0.3 is 5.73 Å². The number of nitrogens with two attached hydrogens (primary N) is 1. The molecule has 0 spiro atoms. The third-order valence-electron chi connectivity index (χ3n) is 3.12. The molecule has 2 N–H and O–H groups in total. The highest BCUT2D eigenvalue weighted by atomic mass is 32.2. The second kappa shape index (κ2) is 5.16. The standard InChI is InChI=1S/C12H19N3O2S/c1-2-15(12-7-5-6-11(13)10-12)18(16,17)14-8-3-4-9-14/h5-7,10H,2-4,8-9,13H2,1H3. The minimum Gasteiger partial charge on any atom is -0.399 e. The van der Waals surface area contributed by atoms with Crippen LogP contribution in [0.15, 0.2) is 24.3 Å². The molecular weight excluding hydrogens is 250 g/mol. The number of nitrogen functional groups attached to an aromatic ring is 1. The van der Waals surface area contributed by atoms with Crippen molar-refractivity contribution in [3.8, 4) is 0 Å². The molecule has 1 saturated heterocycles. The van der Waals surface area contributed by atoms with Gasteiger partial charge in [-0.05, 0) is 38.0 Å². The fraction of sp³-hybridized carbons (Fsp3) is 0.500. The summed E-state index contributed by atoms with van der Waals surface area (Å²) < 4.78 is 27.9. The van der Waals surface area contributed by atoms with Crippen molar-refractivity contribution in [3.63, 3.8) is 0 Å². The predicted octanol–water partition coefficient (Wildman–Crippen LogP) is 1.44. The van der Waals surface area contributed by atoms with Crippen molar-refractivity contribution >= 4 is 21.6 Å². The Hall–Kier alpha value is -1.27. The van der Waals surface area contributed by atoms with Crippen LogP contribution in [0.2, 0.25) is 0 Å². The molecule has 18 heavy (non-hydrogen) atoms. The number of hydrogen-bond acceptors (Lipinski definition) is 3. The molecule has 0 bridgehead atoms. The fourth-order valence-electron chi connectivity index (χ4n) is 2.22. The molecule has 0 aromatic heterocycles. The van der Waals surface area contributed by atoms with Gasteiger partial charge in [0.2, 0.25) is 0 Å². The number of anilines is 2. The third kappa shape index (κ3) is 2.44. The van der Waals surface area contributed by atoms with E-state index in [0.29, 0.717) is 31.0 Å². The minimum absolute atomic E-state index is 0.405. The summed E-state index contributed by atoms with van der Waals surface area (Å²) in [4.78, 5) is 0. The zero-order valence-corrected chi connectivity index (χ0v) is 11.4. The van der Waals surface area contributed by atoms with Crippen LogP contribution in [0.1, 0.15) is 19.8 Å². The van der Waals surface area contributed by atoms with Crippen LogP contribution >= 0.6 is 0 Å². The zero-order valence-electron chi connectivity index (χ0n) is 10.5. The minimum atomic E-state index is -3.41. The van der Waals surface area contributed by atoms with E-state index < -0.39 is 10.2 Å². The molecule has 2 rings (SSSR count). The lowest BCUT2D eigenvalue weighted by atomic mass is 10.3. The average Bonchev–Trinajstić information content (AvgIpc) is 2.83. The first-order chi connectivity index (χ1) is 8.55. The van der Waals surface area contributed by atoms with Crippen molar-refractivity contribution in [1.29, 1.82) is 0 Å². The van der Waals surface area contributed by atoms with Gasteiger partial charge in [-0.3, -0.25) is 4.31 Å². The van der Waals surface area contributed by atoms with Crippen LogP contribution in [0.3, 0.4) is 0 Å². The Balaban J connectivity index is 2.33. The third-order valence-corrected chi connectivity index (χ3v) is 5.16. The lowest BCUT2D eigenvalue weighted by molar-refractivity contribution is 0.474. The fourth-order valence-corrected chi connectivity index (χ4v) is 3.92. The van der Waals surface area contributed by atoms with Crippen molar-refractivity contribution in [1.82, 2.24) is 4.31 Å². The highest BCUT2D eigenvalue weighted by Crippen LogP contribution is 2.24. The van der Waals surface area contributed by atoms with Crippen LogP contribution in [-0.2, 0) is 10.2 Å². The van der Waals surface area contributed by atoms with Crippen molar-refractivity contribution in [2.24, 2.45) is 0 Å². The molecule has 0 aliphatic carbocycles. The Bertz CT molecular complexity index is 510. The monoisotopic (exact) mass is 269 g/mol. The Morgan fingerprint density at radius 3 is 2.56 bits per heavy atom. The SMILES string of the molecule is CCN(c1cccc(N)c1)S(=O)(=O)N1CCCC1. The number of hydrogen-bond donors (Lipinski definition) is 1. The molecule has 1 aromatic carbocycles. The highest BCUT2D eigenvalue weighted by Gasteiger charge is 2.30. The van der Waals surface area contributed by atoms with E-state index in [-0.39, 0.29) is 0 Å². The van der Waals surface area contributed by atoms with Crippen LogP contribution in [-0.4, -0.2) is 32.4 Å². The Labute approximate surface area is 108 Å². The molecule has 1 heterocycles. The van der Waals surface area contributed by atoms with Gasteiger partial charge in [0.15, 0.2) is 0 Å². The molecule has 5 nitrogen and oxygen atoms in total. The van der Waals surface area contributed by atoms with E-state index in [1.54, 1.807) is 28.6 Å². The topological polar surface area (TPSA) is 66.6 Å². The smallest absolute Gasteiger partial charge is 0.304 e. The Morgan fingerprint density at radius 2 is 2.00 bits per heavy atom. The average molecular weight is 269 g/mol. The summed E-state index contributed by atoms with van der Waals surface area (Å²) in [6, 6.07) is 6.98. The maximum atomic E-state index is 12.5. The van der Waals surface area contributed by atoms with Gasteiger partial charge in [-0.25, -0.2) is 0 Å². The number of benzene rings is 1. The molecule has 0 radical (unpaired) electrons. The number of rotatable bonds is 4. The van der Waals surface area contributed by atoms with E-state index in [9.17, 15) is 8.42 Å². The first kappa shape index (κ1) is 13.2. The van der Waals surface area contributed by atoms with Gasteiger partial charge >= 0.3 is 10.2 Å². The summed E-state index contributed by atoms with van der Waals surface area (Å²) in [7, 11) is -3.41. The Kier molecular flexibility index (Phi) is 3.77. The van der Waals surface area contributed by atoms with E-state index in [0.717, 1.165) is 12.8 Å². The van der Waals surface area contributed by atoms with Crippen LogP contribution in [0.25, 0.3) is 0 Å². The molecule has 0 amide bonds. The molecule has 0 saturated carbocycles. The van der Waals surface area contributed by atoms with Crippen molar-refractivity contribution in [2.75, 3.05) is 29.7 Å². The van der Waals surface area contributed by atoms with Crippen LogP contribution in [0.4, 0.5) is 11.4 Å². The van der Waals surface area contributed by atoms with Gasteiger partial charge in [0.25, 0.3) is 0 Å². The lowest BCUT2D eigenvalue weighted by Crippen LogP contribution is -2.42. The van der Waals surface area contributed by atoms with E-state index in [1.165, 1.54) is 4.31 Å². The molecule has 1 aliphatic rings. The number of nitrogens with zero attached hydrogens (tertiary/aromatic N) is 2. The second-order valence-corrected chi connectivity index (χ2v) is 6.23. The van der Waals surface area contributed by atoms with Gasteiger partial charge in [0, 0.05) is 25.3 Å². The predicted molar refractivity (Wildman–Crippen MR) is 73.6 cm³/mol. The molecule has 100 valence electrons. The summed E-state index contributed by atoms with van der Waals surface area (Å²) in [6.45, 7) is 3.46. The van der Waals surface area contributed by atoms with Crippen LogP contribution in [0, 0.1) is 0 Å². The molecule has 1 aliphatic heterocycles. The summed E-state index contributed by atoms with van der Waals surface area (Å²) in [5, 5.41) is 0. The summed E-state index contributed by atoms with van der Waals surface area (Å²) in [5.41, 5.74) is 6.91. The molecule has 6 heteroatoms. The van der Waals surface area contributed by atoms with Gasteiger partial charge in [-0.2, -0.15) is 12.7 Å². The summed E-state index contributed by atoms with van der Waals surface area (Å²) in [5.74, 6) is 0. The van der Waals surface area contributed by atoms with Crippen LogP contribution in [0.5, 0.6) is 0 Å². The van der Waals surface area contributed by atoms with Crippen molar-refractivity contribution in [2.45, 2.75) is 19.8 Å². The second-order valence-electron chi connectivity index (χ2n) is 4.37. The molecular formula is C12H19N3O2S. The van der Waals surface area contributed by atoms with Gasteiger partial charge in [-0.15, -0.1) is 0 Å². The largest absolute Gasteiger partial charge is 0.399 e. The quantitative estimate of drug-likeness (QED) is 0.841. The molecule has 1 aromatic rings. The first-order valence-corrected chi connectivity index (χ1v) is 7.58. The highest BCUT2D eigenvalue weighted by molar-refractivity contribution is 7.90. The van der Waals surface area contributed by atoms with Gasteiger partial charge in [-0.1, -0.05) is 6.07 Å². The molecule has 0 unspecified atom stereocenters. The first-order valence-electron chi connectivity index (χ1n) is 6.19. The van der Waals surface area contributed by atoms with Gasteiger partial charge in [0.1, 0.15) is 0 Å². The molecule has 1 fully saturated rings. The summed E-state index contributed by atoms with van der Waals surface area (Å²) >= 11 is 0. The Morgan fingerprint density at radius 1 is 1.33 bits per heavy atom. The van der Waals surface area contributed by atoms with E-state index in [1.807, 2.05) is 6.92 Å². The lowest BCUT2D eigenvalue weighted by Gasteiger charge is -2.28. The maximum absolute atomic E-state index is 12.5. The van der Waals surface area contributed by atoms with Crippen molar-refractivity contribution < 1.29 is 8.42 Å². The van der Waals surface area contributed by atoms with E-state index >= 15 is 0 Å². The normalized spacial score (nSPS) is 16.9. The van der Waals surface area contributed by atoms with Crippen LogP contribution < -0.4 is 10.0 Å². The van der Waals surface area contributed by atoms with Gasteiger partial charge in [0.05, 0.1) is 5.69 Å². The summed E-state index contributed by atoms with van der Waals surface area (Å²) in [6.07, 6.45) is 1.88. The zero-order chi connectivity index (χ0) is 13.2. The van der Waals surface area contributed by atoms with E-state index in [4.69, 9.17) is 5.73 Å². The van der Waals surface area contributed by atoms with E-state index in [2.05, 4.69) is 0 Å².